The number of carboxylic acid groups (broad SMARTS) is 1. The van der Waals surface area contributed by atoms with Gasteiger partial charge in [0, 0.05) is 17.0 Å². The van der Waals surface area contributed by atoms with Crippen molar-refractivity contribution >= 4 is 17.6 Å². The Balaban J connectivity index is 2.20. The molecule has 0 spiro atoms. The van der Waals surface area contributed by atoms with Gasteiger partial charge in [-0.05, 0) is 30.7 Å². The van der Waals surface area contributed by atoms with Gasteiger partial charge in [-0.15, -0.1) is 0 Å². The first-order valence-corrected chi connectivity index (χ1v) is 6.19. The van der Waals surface area contributed by atoms with Crippen LogP contribution >= 0.6 is 11.6 Å². The highest BCUT2D eigenvalue weighted by Gasteiger charge is 2.15. The van der Waals surface area contributed by atoms with E-state index in [-0.39, 0.29) is 6.42 Å². The zero-order valence-electron chi connectivity index (χ0n) is 10.4. The van der Waals surface area contributed by atoms with E-state index in [9.17, 15) is 4.79 Å². The first kappa shape index (κ1) is 13.6. The second-order valence-corrected chi connectivity index (χ2v) is 4.79. The first-order chi connectivity index (χ1) is 8.97. The number of hydrogen-bond donors (Lipinski definition) is 2. The molecule has 1 aromatic carbocycles. The minimum atomic E-state index is -1.05. The molecule has 0 saturated carbocycles. The van der Waals surface area contributed by atoms with Crippen LogP contribution in [0, 0.1) is 6.92 Å². The number of halogens is 1. The van der Waals surface area contributed by atoms with E-state index in [4.69, 9.17) is 26.9 Å². The molecule has 2 aromatic rings. The van der Waals surface area contributed by atoms with E-state index in [2.05, 4.69) is 0 Å². The molecule has 0 saturated heterocycles. The summed E-state index contributed by atoms with van der Waals surface area (Å²) in [7, 11) is 0. The molecule has 0 aliphatic heterocycles. The Morgan fingerprint density at radius 3 is 2.79 bits per heavy atom. The van der Waals surface area contributed by atoms with E-state index in [1.165, 1.54) is 0 Å². The number of rotatable bonds is 4. The molecule has 19 heavy (non-hydrogen) atoms. The Kier molecular flexibility index (Phi) is 3.93. The average molecular weight is 280 g/mol. The van der Waals surface area contributed by atoms with E-state index in [0.29, 0.717) is 16.5 Å². The second kappa shape index (κ2) is 5.47. The quantitative estimate of drug-likeness (QED) is 0.902. The summed E-state index contributed by atoms with van der Waals surface area (Å²) in [4.78, 5) is 10.7. The van der Waals surface area contributed by atoms with Crippen LogP contribution in [0.5, 0.6) is 0 Å². The summed E-state index contributed by atoms with van der Waals surface area (Å²) >= 11 is 6.06. The van der Waals surface area contributed by atoms with Crippen LogP contribution < -0.4 is 5.73 Å². The zero-order valence-corrected chi connectivity index (χ0v) is 11.1. The van der Waals surface area contributed by atoms with Crippen molar-refractivity contribution in [3.63, 3.8) is 0 Å². The molecule has 1 heterocycles. The Morgan fingerprint density at radius 2 is 2.16 bits per heavy atom. The van der Waals surface area contributed by atoms with E-state index >= 15 is 0 Å². The summed E-state index contributed by atoms with van der Waals surface area (Å²) in [6, 6.07) is 8.18. The lowest BCUT2D eigenvalue weighted by Gasteiger charge is -2.03. The maximum absolute atomic E-state index is 10.7. The molecule has 0 aliphatic carbocycles. The van der Waals surface area contributed by atoms with Crippen molar-refractivity contribution in [2.45, 2.75) is 19.4 Å². The van der Waals surface area contributed by atoms with Gasteiger partial charge < -0.3 is 15.3 Å². The predicted octanol–water partition coefficient (Wildman–Crippen LogP) is 2.86. The summed E-state index contributed by atoms with van der Waals surface area (Å²) in [6.45, 7) is 1.92. The van der Waals surface area contributed by atoms with Gasteiger partial charge in [-0.3, -0.25) is 4.79 Å². The molecule has 0 radical (unpaired) electrons. The highest BCUT2D eigenvalue weighted by Crippen LogP contribution is 2.27. The third kappa shape index (κ3) is 3.16. The predicted molar refractivity (Wildman–Crippen MR) is 73.2 cm³/mol. The molecule has 0 fully saturated rings. The van der Waals surface area contributed by atoms with Crippen LogP contribution in [0.3, 0.4) is 0 Å². The van der Waals surface area contributed by atoms with Crippen LogP contribution in [0.4, 0.5) is 0 Å². The Hall–Kier alpha value is -1.78. The fourth-order valence-corrected chi connectivity index (χ4v) is 1.87. The molecule has 0 amide bonds. The molecule has 5 heteroatoms. The molecule has 1 atom stereocenters. The van der Waals surface area contributed by atoms with Crippen molar-refractivity contribution in [2.24, 2.45) is 5.73 Å². The molecular formula is C14H14ClNO3. The van der Waals surface area contributed by atoms with Gasteiger partial charge in [0.2, 0.25) is 0 Å². The lowest BCUT2D eigenvalue weighted by atomic mass is 10.1. The molecule has 1 aromatic heterocycles. The fourth-order valence-electron chi connectivity index (χ4n) is 1.69. The number of nitrogens with two attached hydrogens (primary N) is 1. The van der Waals surface area contributed by atoms with Gasteiger partial charge >= 0.3 is 5.97 Å². The van der Waals surface area contributed by atoms with Crippen LogP contribution in [0.15, 0.2) is 34.7 Å². The lowest BCUT2D eigenvalue weighted by molar-refractivity contribution is -0.138. The van der Waals surface area contributed by atoms with Crippen molar-refractivity contribution in [2.75, 3.05) is 0 Å². The molecule has 3 N–H and O–H groups in total. The number of hydrogen-bond acceptors (Lipinski definition) is 3. The molecular weight excluding hydrogens is 266 g/mol. The summed E-state index contributed by atoms with van der Waals surface area (Å²) in [5.74, 6) is 0.146. The highest BCUT2D eigenvalue weighted by atomic mass is 35.5. The normalized spacial score (nSPS) is 12.4. The SMILES string of the molecule is Cc1ccc(-c2ccc(CC(N)C(=O)O)o2)cc1Cl. The molecule has 4 nitrogen and oxygen atoms in total. The number of carbonyl (C=O) groups is 1. The van der Waals surface area contributed by atoms with Crippen LogP contribution in [-0.2, 0) is 11.2 Å². The third-order valence-corrected chi connectivity index (χ3v) is 3.26. The van der Waals surface area contributed by atoms with Gasteiger partial charge in [0.15, 0.2) is 0 Å². The largest absolute Gasteiger partial charge is 0.480 e. The summed E-state index contributed by atoms with van der Waals surface area (Å²) < 4.78 is 5.58. The molecule has 0 aliphatic rings. The number of benzene rings is 1. The van der Waals surface area contributed by atoms with Crippen LogP contribution in [0.25, 0.3) is 11.3 Å². The summed E-state index contributed by atoms with van der Waals surface area (Å²) in [5, 5.41) is 9.41. The number of aryl methyl sites for hydroxylation is 1. The average Bonchev–Trinajstić information content (AvgIpc) is 2.81. The fraction of sp³-hybridized carbons (Fsp3) is 0.214. The number of aliphatic carboxylic acids is 1. The first-order valence-electron chi connectivity index (χ1n) is 5.81. The van der Waals surface area contributed by atoms with Crippen molar-refractivity contribution in [1.82, 2.24) is 0 Å². The van der Waals surface area contributed by atoms with E-state index in [0.717, 1.165) is 11.1 Å². The minimum absolute atomic E-state index is 0.162. The monoisotopic (exact) mass is 279 g/mol. The van der Waals surface area contributed by atoms with Gasteiger partial charge in [-0.1, -0.05) is 23.7 Å². The van der Waals surface area contributed by atoms with Crippen LogP contribution in [-0.4, -0.2) is 17.1 Å². The van der Waals surface area contributed by atoms with Gasteiger partial charge in [-0.25, -0.2) is 0 Å². The van der Waals surface area contributed by atoms with E-state index in [1.54, 1.807) is 12.1 Å². The lowest BCUT2D eigenvalue weighted by Crippen LogP contribution is -2.32. The van der Waals surface area contributed by atoms with Crippen LogP contribution in [0.1, 0.15) is 11.3 Å². The highest BCUT2D eigenvalue weighted by molar-refractivity contribution is 6.31. The summed E-state index contributed by atoms with van der Waals surface area (Å²) in [5.41, 5.74) is 7.30. The van der Waals surface area contributed by atoms with Crippen LogP contribution in [0.2, 0.25) is 5.02 Å². The molecule has 0 bridgehead atoms. The minimum Gasteiger partial charge on any atom is -0.480 e. The molecule has 2 rings (SSSR count). The number of furan rings is 1. The van der Waals surface area contributed by atoms with Crippen molar-refractivity contribution < 1.29 is 14.3 Å². The molecule has 1 unspecified atom stereocenters. The standard InChI is InChI=1S/C14H14ClNO3/c1-8-2-3-9(6-11(8)15)13-5-4-10(19-13)7-12(16)14(17)18/h2-6,12H,7,16H2,1H3,(H,17,18). The topological polar surface area (TPSA) is 76.5 Å². The molecule has 100 valence electrons. The maximum atomic E-state index is 10.7. The van der Waals surface area contributed by atoms with Gasteiger partial charge in [0.25, 0.3) is 0 Å². The smallest absolute Gasteiger partial charge is 0.320 e. The van der Waals surface area contributed by atoms with Gasteiger partial charge in [0.1, 0.15) is 17.6 Å². The third-order valence-electron chi connectivity index (χ3n) is 2.86. The Morgan fingerprint density at radius 1 is 1.42 bits per heavy atom. The van der Waals surface area contributed by atoms with Crippen molar-refractivity contribution in [3.8, 4) is 11.3 Å². The zero-order chi connectivity index (χ0) is 14.0. The Bertz CT molecular complexity index is 606. The van der Waals surface area contributed by atoms with E-state index < -0.39 is 12.0 Å². The van der Waals surface area contributed by atoms with E-state index in [1.807, 2.05) is 25.1 Å². The summed E-state index contributed by atoms with van der Waals surface area (Å²) in [6.07, 6.45) is 0.162. The van der Waals surface area contributed by atoms with Gasteiger partial charge in [-0.2, -0.15) is 0 Å². The second-order valence-electron chi connectivity index (χ2n) is 4.38. The number of carboxylic acids is 1. The van der Waals surface area contributed by atoms with Gasteiger partial charge in [0.05, 0.1) is 0 Å². The van der Waals surface area contributed by atoms with Crippen molar-refractivity contribution in [3.05, 3.63) is 46.7 Å². The van der Waals surface area contributed by atoms with Crippen molar-refractivity contribution in [1.29, 1.82) is 0 Å². The Labute approximate surface area is 115 Å². The maximum Gasteiger partial charge on any atom is 0.320 e.